The number of rotatable bonds is 9. The molecule has 1 heterocycles. The minimum absolute atomic E-state index is 0.00963. The number of benzene rings is 1. The smallest absolute Gasteiger partial charge is 0.253 e. The van der Waals surface area contributed by atoms with Crippen LogP contribution in [0.25, 0.3) is 0 Å². The molecule has 27 heavy (non-hydrogen) atoms. The molecule has 2 saturated carbocycles. The van der Waals surface area contributed by atoms with Crippen LogP contribution >= 0.6 is 0 Å². The van der Waals surface area contributed by atoms with Crippen molar-refractivity contribution in [3.05, 3.63) is 54.0 Å². The Morgan fingerprint density at radius 1 is 1.04 bits per heavy atom. The van der Waals surface area contributed by atoms with Crippen LogP contribution in [-0.4, -0.2) is 24.4 Å². The summed E-state index contributed by atoms with van der Waals surface area (Å²) in [6.07, 6.45) is 6.49. The molecule has 142 valence electrons. The molecule has 0 radical (unpaired) electrons. The third kappa shape index (κ3) is 4.70. The molecular formula is C21H25N3O3. The highest BCUT2D eigenvalue weighted by Crippen LogP contribution is 2.44. The molecule has 2 fully saturated rings. The van der Waals surface area contributed by atoms with E-state index in [9.17, 15) is 9.59 Å². The number of carbonyl (C=O) groups excluding carboxylic acids is 2. The number of nitrogens with one attached hydrogen (secondary N) is 3. The van der Waals surface area contributed by atoms with Crippen molar-refractivity contribution in [2.45, 2.75) is 38.3 Å². The molecular weight excluding hydrogens is 342 g/mol. The molecule has 2 aromatic rings. The highest BCUT2D eigenvalue weighted by atomic mass is 16.3. The van der Waals surface area contributed by atoms with Crippen molar-refractivity contribution in [3.8, 4) is 0 Å². The highest BCUT2D eigenvalue weighted by molar-refractivity contribution is 6.00. The SMILES string of the molecule is O=C(CNc1ccccc1C(=O)NCc1ccco1)NC(C1CC1)C1CC1. The van der Waals surface area contributed by atoms with Crippen molar-refractivity contribution in [3.63, 3.8) is 0 Å². The van der Waals surface area contributed by atoms with E-state index in [1.165, 1.54) is 25.7 Å². The Morgan fingerprint density at radius 3 is 2.44 bits per heavy atom. The van der Waals surface area contributed by atoms with E-state index in [-0.39, 0.29) is 18.4 Å². The Balaban J connectivity index is 1.31. The van der Waals surface area contributed by atoms with Crippen molar-refractivity contribution >= 4 is 17.5 Å². The molecule has 0 aliphatic heterocycles. The summed E-state index contributed by atoms with van der Waals surface area (Å²) < 4.78 is 5.23. The molecule has 2 aliphatic carbocycles. The average Bonchev–Trinajstić information content (AvgIpc) is 3.62. The number of hydrogen-bond acceptors (Lipinski definition) is 4. The van der Waals surface area contributed by atoms with Gasteiger partial charge in [-0.05, 0) is 61.8 Å². The van der Waals surface area contributed by atoms with Gasteiger partial charge >= 0.3 is 0 Å². The normalized spacial score (nSPS) is 16.2. The fraction of sp³-hybridized carbons (Fsp3) is 0.429. The Kier molecular flexibility index (Phi) is 5.14. The Morgan fingerprint density at radius 2 is 1.78 bits per heavy atom. The standard InChI is InChI=1S/C21H25N3O3/c25-19(24-20(14-7-8-14)15-9-10-15)13-22-18-6-2-1-5-17(18)21(26)23-12-16-4-3-11-27-16/h1-6,11,14-15,20,22H,7-10,12-13H2,(H,23,26)(H,24,25). The number of para-hydroxylation sites is 1. The lowest BCUT2D eigenvalue weighted by Crippen LogP contribution is -2.41. The van der Waals surface area contributed by atoms with Gasteiger partial charge in [0.25, 0.3) is 5.91 Å². The molecule has 0 spiro atoms. The van der Waals surface area contributed by atoms with Crippen LogP contribution in [0.4, 0.5) is 5.69 Å². The average molecular weight is 367 g/mol. The van der Waals surface area contributed by atoms with Crippen molar-refractivity contribution in [1.82, 2.24) is 10.6 Å². The molecule has 0 unspecified atom stereocenters. The number of anilines is 1. The van der Waals surface area contributed by atoms with Crippen LogP contribution in [0.5, 0.6) is 0 Å². The van der Waals surface area contributed by atoms with Crippen LogP contribution in [0.15, 0.2) is 47.1 Å². The lowest BCUT2D eigenvalue weighted by atomic mass is 10.1. The second-order valence-corrected chi connectivity index (χ2v) is 7.43. The molecule has 2 aliphatic rings. The molecule has 6 heteroatoms. The van der Waals surface area contributed by atoms with E-state index >= 15 is 0 Å². The van der Waals surface area contributed by atoms with E-state index in [0.717, 1.165) is 0 Å². The van der Waals surface area contributed by atoms with Crippen molar-refractivity contribution in [2.75, 3.05) is 11.9 Å². The third-order valence-electron chi connectivity index (χ3n) is 5.20. The largest absolute Gasteiger partial charge is 0.467 e. The van der Waals surface area contributed by atoms with Gasteiger partial charge in [-0.1, -0.05) is 12.1 Å². The van der Waals surface area contributed by atoms with Gasteiger partial charge in [0.05, 0.1) is 24.9 Å². The minimum atomic E-state index is -0.205. The van der Waals surface area contributed by atoms with E-state index in [1.807, 2.05) is 24.3 Å². The molecule has 3 N–H and O–H groups in total. The monoisotopic (exact) mass is 367 g/mol. The zero-order chi connectivity index (χ0) is 18.6. The lowest BCUT2D eigenvalue weighted by molar-refractivity contribution is -0.120. The van der Waals surface area contributed by atoms with Crippen molar-refractivity contribution in [1.29, 1.82) is 0 Å². The Bertz CT molecular complexity index is 783. The van der Waals surface area contributed by atoms with Gasteiger partial charge in [0.2, 0.25) is 5.91 Å². The summed E-state index contributed by atoms with van der Waals surface area (Å²) in [4.78, 5) is 24.9. The lowest BCUT2D eigenvalue weighted by Gasteiger charge is -2.18. The molecule has 0 atom stereocenters. The first kappa shape index (κ1) is 17.6. The van der Waals surface area contributed by atoms with Crippen LogP contribution in [0.3, 0.4) is 0 Å². The maximum Gasteiger partial charge on any atom is 0.253 e. The molecule has 6 nitrogen and oxygen atoms in total. The van der Waals surface area contributed by atoms with Gasteiger partial charge < -0.3 is 20.4 Å². The van der Waals surface area contributed by atoms with Crippen LogP contribution < -0.4 is 16.0 Å². The van der Waals surface area contributed by atoms with Crippen molar-refractivity contribution in [2.24, 2.45) is 11.8 Å². The second-order valence-electron chi connectivity index (χ2n) is 7.43. The fourth-order valence-corrected chi connectivity index (χ4v) is 3.45. The zero-order valence-corrected chi connectivity index (χ0v) is 15.2. The van der Waals surface area contributed by atoms with Crippen LogP contribution in [0.1, 0.15) is 41.8 Å². The number of furan rings is 1. The fourth-order valence-electron chi connectivity index (χ4n) is 3.45. The summed E-state index contributed by atoms with van der Waals surface area (Å²) in [7, 11) is 0. The number of amides is 2. The molecule has 1 aromatic carbocycles. The zero-order valence-electron chi connectivity index (χ0n) is 15.2. The van der Waals surface area contributed by atoms with E-state index in [1.54, 1.807) is 18.4 Å². The van der Waals surface area contributed by atoms with Gasteiger partial charge in [0, 0.05) is 11.7 Å². The molecule has 0 saturated heterocycles. The first-order valence-electron chi connectivity index (χ1n) is 9.63. The Hall–Kier alpha value is -2.76. The van der Waals surface area contributed by atoms with Crippen LogP contribution in [-0.2, 0) is 11.3 Å². The quantitative estimate of drug-likeness (QED) is 0.636. The minimum Gasteiger partial charge on any atom is -0.467 e. The van der Waals surface area contributed by atoms with Crippen molar-refractivity contribution < 1.29 is 14.0 Å². The van der Waals surface area contributed by atoms with Crippen LogP contribution in [0, 0.1) is 11.8 Å². The van der Waals surface area contributed by atoms with E-state index in [4.69, 9.17) is 4.42 Å². The predicted octanol–water partition coefficient (Wildman–Crippen LogP) is 2.93. The Labute approximate surface area is 158 Å². The van der Waals surface area contributed by atoms with Gasteiger partial charge in [0.15, 0.2) is 0 Å². The van der Waals surface area contributed by atoms with E-state index in [2.05, 4.69) is 16.0 Å². The van der Waals surface area contributed by atoms with Gasteiger partial charge in [-0.25, -0.2) is 0 Å². The summed E-state index contributed by atoms with van der Waals surface area (Å²) in [6.45, 7) is 0.490. The second kappa shape index (κ2) is 7.86. The summed E-state index contributed by atoms with van der Waals surface area (Å²) in [6, 6.07) is 11.1. The molecule has 1 aromatic heterocycles. The third-order valence-corrected chi connectivity index (χ3v) is 5.20. The summed E-state index contributed by atoms with van der Waals surface area (Å²) in [5.74, 6) is 1.81. The van der Waals surface area contributed by atoms with E-state index < -0.39 is 0 Å². The predicted molar refractivity (Wildman–Crippen MR) is 102 cm³/mol. The van der Waals surface area contributed by atoms with Gasteiger partial charge in [-0.3, -0.25) is 9.59 Å². The maximum atomic E-state index is 12.5. The van der Waals surface area contributed by atoms with Gasteiger partial charge in [-0.2, -0.15) is 0 Å². The topological polar surface area (TPSA) is 83.4 Å². The maximum absolute atomic E-state index is 12.5. The molecule has 0 bridgehead atoms. The van der Waals surface area contributed by atoms with Gasteiger partial charge in [0.1, 0.15) is 5.76 Å². The van der Waals surface area contributed by atoms with Gasteiger partial charge in [-0.15, -0.1) is 0 Å². The summed E-state index contributed by atoms with van der Waals surface area (Å²) >= 11 is 0. The summed E-state index contributed by atoms with van der Waals surface area (Å²) in [5, 5.41) is 9.14. The first-order valence-corrected chi connectivity index (χ1v) is 9.63. The highest BCUT2D eigenvalue weighted by Gasteiger charge is 2.42. The molecule has 2 amide bonds. The number of carbonyl (C=O) groups is 2. The van der Waals surface area contributed by atoms with E-state index in [0.29, 0.717) is 41.4 Å². The molecule has 4 rings (SSSR count). The summed E-state index contributed by atoms with van der Waals surface area (Å²) in [5.41, 5.74) is 1.16. The van der Waals surface area contributed by atoms with Crippen LogP contribution in [0.2, 0.25) is 0 Å². The first-order chi connectivity index (χ1) is 13.2. The number of hydrogen-bond donors (Lipinski definition) is 3.